The maximum absolute atomic E-state index is 12.7. The second kappa shape index (κ2) is 7.80. The van der Waals surface area contributed by atoms with Crippen LogP contribution in [-0.2, 0) is 0 Å². The molecule has 0 spiro atoms. The van der Waals surface area contributed by atoms with E-state index in [1.165, 1.54) is 24.3 Å². The molecule has 1 aromatic carbocycles. The maximum atomic E-state index is 12.7. The zero-order chi connectivity index (χ0) is 16.0. The third kappa shape index (κ3) is 6.54. The molecule has 0 radical (unpaired) electrons. The minimum Gasteiger partial charge on any atom is -0.483 e. The van der Waals surface area contributed by atoms with Gasteiger partial charge in [-0.1, -0.05) is 0 Å². The fraction of sp³-hybridized carbons (Fsp3) is 0.500. The van der Waals surface area contributed by atoms with Gasteiger partial charge in [-0.3, -0.25) is 0 Å². The molecule has 0 aliphatic heterocycles. The summed E-state index contributed by atoms with van der Waals surface area (Å²) in [7, 11) is -2.17. The molecular weight excluding hydrogens is 289 g/mol. The standard InChI is InChI=1S/C12H16ClFO2.BH3O3/c1-11(2,15)12(3,8-13)16-10-6-4-9(14)5-7-10;2-1(3)4/h4-7,15H,8H2,1-3H3;2-4H. The molecule has 0 amide bonds. The molecule has 114 valence electrons. The largest absolute Gasteiger partial charge is 0.631 e. The average molecular weight is 309 g/mol. The van der Waals surface area contributed by atoms with Gasteiger partial charge in [0.05, 0.1) is 11.5 Å². The molecule has 0 fully saturated rings. The van der Waals surface area contributed by atoms with Gasteiger partial charge in [0.1, 0.15) is 17.2 Å². The summed E-state index contributed by atoms with van der Waals surface area (Å²) in [5.74, 6) is 0.281. The quantitative estimate of drug-likeness (QED) is 0.490. The Hall–Kier alpha value is -0.855. The van der Waals surface area contributed by atoms with Crippen LogP contribution in [-0.4, -0.2) is 44.6 Å². The van der Waals surface area contributed by atoms with Crippen LogP contribution in [0.2, 0.25) is 0 Å². The lowest BCUT2D eigenvalue weighted by Gasteiger charge is -2.39. The van der Waals surface area contributed by atoms with Gasteiger partial charge in [-0.15, -0.1) is 11.6 Å². The number of alkyl halides is 1. The van der Waals surface area contributed by atoms with E-state index >= 15 is 0 Å². The monoisotopic (exact) mass is 308 g/mol. The fourth-order valence-corrected chi connectivity index (χ4v) is 1.46. The van der Waals surface area contributed by atoms with E-state index in [1.54, 1.807) is 20.8 Å². The highest BCUT2D eigenvalue weighted by Gasteiger charge is 2.41. The topological polar surface area (TPSA) is 90.2 Å². The lowest BCUT2D eigenvalue weighted by atomic mass is 9.89. The number of aliphatic hydroxyl groups is 1. The highest BCUT2D eigenvalue weighted by molar-refractivity contribution is 6.30. The SMILES string of the molecule is CC(C)(O)C(C)(CCl)Oc1ccc(F)cc1.OB(O)O. The van der Waals surface area contributed by atoms with Crippen molar-refractivity contribution < 1.29 is 29.3 Å². The van der Waals surface area contributed by atoms with E-state index in [0.29, 0.717) is 5.75 Å². The van der Waals surface area contributed by atoms with E-state index in [1.807, 2.05) is 0 Å². The van der Waals surface area contributed by atoms with Crippen LogP contribution >= 0.6 is 11.6 Å². The Balaban J connectivity index is 0.000000796. The van der Waals surface area contributed by atoms with E-state index in [4.69, 9.17) is 31.4 Å². The van der Waals surface area contributed by atoms with E-state index in [0.717, 1.165) is 0 Å². The summed E-state index contributed by atoms with van der Waals surface area (Å²) in [4.78, 5) is 0. The third-order valence-corrected chi connectivity index (χ3v) is 3.22. The van der Waals surface area contributed by atoms with Crippen LogP contribution in [0.3, 0.4) is 0 Å². The van der Waals surface area contributed by atoms with E-state index in [-0.39, 0.29) is 11.7 Å². The van der Waals surface area contributed by atoms with Gasteiger partial charge in [0.15, 0.2) is 0 Å². The molecule has 0 aliphatic rings. The van der Waals surface area contributed by atoms with Crippen molar-refractivity contribution >= 4 is 18.9 Å². The normalized spacial score (nSPS) is 13.8. The molecule has 0 bridgehead atoms. The highest BCUT2D eigenvalue weighted by atomic mass is 35.5. The lowest BCUT2D eigenvalue weighted by molar-refractivity contribution is -0.0883. The van der Waals surface area contributed by atoms with Gasteiger partial charge in [0.25, 0.3) is 0 Å². The summed E-state index contributed by atoms with van der Waals surface area (Å²) in [6.07, 6.45) is 0. The summed E-state index contributed by atoms with van der Waals surface area (Å²) in [6, 6.07) is 5.61. The third-order valence-electron chi connectivity index (χ3n) is 2.71. The van der Waals surface area contributed by atoms with Crippen LogP contribution in [0.25, 0.3) is 0 Å². The molecule has 0 saturated carbocycles. The molecule has 8 heteroatoms. The second-order valence-electron chi connectivity index (χ2n) is 4.83. The van der Waals surface area contributed by atoms with Crippen LogP contribution in [0.15, 0.2) is 24.3 Å². The Morgan fingerprint density at radius 1 is 1.15 bits per heavy atom. The Morgan fingerprint density at radius 2 is 1.55 bits per heavy atom. The van der Waals surface area contributed by atoms with Gasteiger partial charge in [-0.05, 0) is 45.0 Å². The predicted octanol–water partition coefficient (Wildman–Crippen LogP) is 0.921. The fourth-order valence-electron chi connectivity index (χ4n) is 1.08. The van der Waals surface area contributed by atoms with Crippen molar-refractivity contribution in [2.75, 3.05) is 5.88 Å². The molecular formula is C12H19BClFO5. The van der Waals surface area contributed by atoms with Crippen LogP contribution in [0.5, 0.6) is 5.75 Å². The smallest absolute Gasteiger partial charge is 0.483 e. The van der Waals surface area contributed by atoms with Crippen molar-refractivity contribution in [3.63, 3.8) is 0 Å². The summed E-state index contributed by atoms with van der Waals surface area (Å²) in [5.41, 5.74) is -2.02. The van der Waals surface area contributed by atoms with Crippen LogP contribution in [0, 0.1) is 5.82 Å². The number of halogens is 2. The first kappa shape index (κ1) is 19.1. The van der Waals surface area contributed by atoms with E-state index < -0.39 is 18.5 Å². The molecule has 0 aliphatic carbocycles. The van der Waals surface area contributed by atoms with Crippen LogP contribution in [0.4, 0.5) is 4.39 Å². The number of rotatable bonds is 4. The Bertz CT molecular complexity index is 393. The molecule has 0 heterocycles. The van der Waals surface area contributed by atoms with Crippen LogP contribution < -0.4 is 4.74 Å². The minimum atomic E-state index is -2.17. The number of benzene rings is 1. The first-order valence-corrected chi connectivity index (χ1v) is 6.32. The summed E-state index contributed by atoms with van der Waals surface area (Å²) in [6.45, 7) is 4.96. The highest BCUT2D eigenvalue weighted by Crippen LogP contribution is 2.29. The van der Waals surface area contributed by atoms with Crippen molar-refractivity contribution in [1.29, 1.82) is 0 Å². The average Bonchev–Trinajstić information content (AvgIpc) is 2.30. The number of hydrogen-bond donors (Lipinski definition) is 4. The van der Waals surface area contributed by atoms with Crippen molar-refractivity contribution in [3.05, 3.63) is 30.1 Å². The van der Waals surface area contributed by atoms with Gasteiger partial charge in [0.2, 0.25) is 0 Å². The van der Waals surface area contributed by atoms with Crippen LogP contribution in [0.1, 0.15) is 20.8 Å². The Labute approximate surface area is 122 Å². The molecule has 1 rings (SSSR count). The molecule has 0 saturated heterocycles. The van der Waals surface area contributed by atoms with Gasteiger partial charge in [-0.25, -0.2) is 4.39 Å². The number of ether oxygens (including phenoxy) is 1. The molecule has 5 nitrogen and oxygen atoms in total. The zero-order valence-corrected chi connectivity index (χ0v) is 12.3. The van der Waals surface area contributed by atoms with E-state index in [9.17, 15) is 9.50 Å². The first-order valence-electron chi connectivity index (χ1n) is 5.79. The lowest BCUT2D eigenvalue weighted by Crippen LogP contribution is -2.53. The maximum Gasteiger partial charge on any atom is 0.631 e. The molecule has 20 heavy (non-hydrogen) atoms. The molecule has 1 aromatic rings. The van der Waals surface area contributed by atoms with Crippen molar-refractivity contribution in [2.45, 2.75) is 32.0 Å². The van der Waals surface area contributed by atoms with Gasteiger partial charge in [0, 0.05) is 0 Å². The summed E-state index contributed by atoms with van der Waals surface area (Å²) < 4.78 is 18.3. The Morgan fingerprint density at radius 3 is 1.85 bits per heavy atom. The summed E-state index contributed by atoms with van der Waals surface area (Å²) in [5, 5.41) is 31.5. The van der Waals surface area contributed by atoms with E-state index in [2.05, 4.69) is 0 Å². The Kier molecular flexibility index (Phi) is 7.47. The van der Waals surface area contributed by atoms with Gasteiger partial charge < -0.3 is 24.9 Å². The van der Waals surface area contributed by atoms with Gasteiger partial charge in [-0.2, -0.15) is 0 Å². The first-order chi connectivity index (χ1) is 9.01. The van der Waals surface area contributed by atoms with Crippen molar-refractivity contribution in [2.24, 2.45) is 0 Å². The minimum absolute atomic E-state index is 0.133. The van der Waals surface area contributed by atoms with Gasteiger partial charge >= 0.3 is 7.32 Å². The molecule has 1 unspecified atom stereocenters. The van der Waals surface area contributed by atoms with Crippen molar-refractivity contribution in [3.8, 4) is 5.75 Å². The summed E-state index contributed by atoms with van der Waals surface area (Å²) >= 11 is 5.82. The zero-order valence-electron chi connectivity index (χ0n) is 11.5. The number of hydrogen-bond acceptors (Lipinski definition) is 5. The molecule has 1 atom stereocenters. The molecule has 0 aromatic heterocycles. The molecule has 4 N–H and O–H groups in total. The predicted molar refractivity (Wildman–Crippen MR) is 74.9 cm³/mol. The second-order valence-corrected chi connectivity index (χ2v) is 5.09. The van der Waals surface area contributed by atoms with Crippen molar-refractivity contribution in [1.82, 2.24) is 0 Å².